The van der Waals surface area contributed by atoms with Crippen molar-refractivity contribution in [2.75, 3.05) is 6.61 Å². The number of hydrogen-bond donors (Lipinski definition) is 0. The van der Waals surface area contributed by atoms with Crippen molar-refractivity contribution in [2.24, 2.45) is 0 Å². The van der Waals surface area contributed by atoms with Gasteiger partial charge in [-0.15, -0.1) is 0 Å². The molecule has 0 amide bonds. The maximum Gasteiger partial charge on any atom is 0.313 e. The summed E-state index contributed by atoms with van der Waals surface area (Å²) >= 11 is 0. The van der Waals surface area contributed by atoms with E-state index in [4.69, 9.17) is 4.74 Å². The van der Waals surface area contributed by atoms with Crippen molar-refractivity contribution in [3.63, 3.8) is 0 Å². The molecule has 1 aliphatic rings. The topological polar surface area (TPSA) is 94.6 Å². The van der Waals surface area contributed by atoms with E-state index in [0.29, 0.717) is 11.6 Å². The second-order valence-corrected chi connectivity index (χ2v) is 9.55. The van der Waals surface area contributed by atoms with Crippen molar-refractivity contribution in [1.29, 1.82) is 0 Å². The average Bonchev–Trinajstić information content (AvgIpc) is 2.59. The zero-order chi connectivity index (χ0) is 19.3. The van der Waals surface area contributed by atoms with Crippen LogP contribution >= 0.6 is 0 Å². The van der Waals surface area contributed by atoms with Gasteiger partial charge in [0.05, 0.1) is 32.1 Å². The van der Waals surface area contributed by atoms with Crippen LogP contribution in [0, 0.1) is 5.82 Å². The summed E-state index contributed by atoms with van der Waals surface area (Å²) in [5, 5.41) is 0. The molecule has 2 aromatic carbocycles. The molecule has 2 aromatic rings. The monoisotopic (exact) mass is 398 g/mol. The Morgan fingerprint density at radius 3 is 2.08 bits per heavy atom. The van der Waals surface area contributed by atoms with Gasteiger partial charge in [-0.1, -0.05) is 6.07 Å². The molecule has 0 aliphatic carbocycles. The van der Waals surface area contributed by atoms with Gasteiger partial charge in [-0.2, -0.15) is 0 Å². The van der Waals surface area contributed by atoms with Crippen LogP contribution in [0.25, 0.3) is 0 Å². The lowest BCUT2D eigenvalue weighted by Gasteiger charge is -2.21. The first-order valence-corrected chi connectivity index (χ1v) is 10.7. The number of sulfone groups is 2. The van der Waals surface area contributed by atoms with Crippen LogP contribution < -0.4 is 0 Å². The van der Waals surface area contributed by atoms with Crippen molar-refractivity contribution in [2.45, 2.75) is 39.3 Å². The minimum atomic E-state index is -4.20. The standard InChI is InChI=1S/C17H15FO6S2/c1-3-24-17(19)10(2)11-4-6-13-15(8-11)25(20,21)14-7-5-12(18)9-16(14)26(13,22)23/h4-10H,3H2,1-2H3. The van der Waals surface area contributed by atoms with Crippen LogP contribution in [0.3, 0.4) is 0 Å². The van der Waals surface area contributed by atoms with E-state index in [-0.39, 0.29) is 6.61 Å². The molecular weight excluding hydrogens is 383 g/mol. The molecule has 9 heteroatoms. The summed E-state index contributed by atoms with van der Waals surface area (Å²) in [6.07, 6.45) is 0. The summed E-state index contributed by atoms with van der Waals surface area (Å²) < 4.78 is 69.6. The number of benzene rings is 2. The molecule has 6 nitrogen and oxygen atoms in total. The van der Waals surface area contributed by atoms with E-state index in [1.54, 1.807) is 6.92 Å². The van der Waals surface area contributed by atoms with E-state index in [1.165, 1.54) is 13.0 Å². The number of halogens is 1. The smallest absolute Gasteiger partial charge is 0.313 e. The van der Waals surface area contributed by atoms with Crippen molar-refractivity contribution in [3.05, 3.63) is 47.8 Å². The Hall–Kier alpha value is -2.26. The van der Waals surface area contributed by atoms with Gasteiger partial charge < -0.3 is 4.74 Å². The Labute approximate surface area is 150 Å². The highest BCUT2D eigenvalue weighted by Gasteiger charge is 2.40. The molecule has 3 rings (SSSR count). The molecule has 0 saturated heterocycles. The van der Waals surface area contributed by atoms with Gasteiger partial charge in [0.1, 0.15) is 5.82 Å². The van der Waals surface area contributed by atoms with Crippen LogP contribution in [0.1, 0.15) is 25.3 Å². The molecule has 0 fully saturated rings. The summed E-state index contributed by atoms with van der Waals surface area (Å²) in [6, 6.07) is 6.17. The van der Waals surface area contributed by atoms with Crippen molar-refractivity contribution < 1.29 is 30.8 Å². The predicted octanol–water partition coefficient (Wildman–Crippen LogP) is 2.47. The summed E-state index contributed by atoms with van der Waals surface area (Å²) in [7, 11) is -8.38. The third-order valence-corrected chi connectivity index (χ3v) is 8.13. The summed E-state index contributed by atoms with van der Waals surface area (Å²) in [5.74, 6) is -2.17. The number of esters is 1. The number of rotatable bonds is 3. The van der Waals surface area contributed by atoms with E-state index in [9.17, 15) is 26.0 Å². The van der Waals surface area contributed by atoms with Crippen molar-refractivity contribution in [3.8, 4) is 0 Å². The van der Waals surface area contributed by atoms with Crippen LogP contribution in [-0.4, -0.2) is 29.4 Å². The Kier molecular flexibility index (Phi) is 4.40. The molecule has 26 heavy (non-hydrogen) atoms. The van der Waals surface area contributed by atoms with Gasteiger partial charge in [-0.25, -0.2) is 21.2 Å². The largest absolute Gasteiger partial charge is 0.466 e. The van der Waals surface area contributed by atoms with E-state index in [1.807, 2.05) is 0 Å². The van der Waals surface area contributed by atoms with Crippen LogP contribution in [0.4, 0.5) is 4.39 Å². The highest BCUT2D eigenvalue weighted by Crippen LogP contribution is 2.41. The normalized spacial score (nSPS) is 17.7. The highest BCUT2D eigenvalue weighted by atomic mass is 32.2. The predicted molar refractivity (Wildman–Crippen MR) is 88.8 cm³/mol. The Bertz CT molecular complexity index is 1120. The van der Waals surface area contributed by atoms with Gasteiger partial charge >= 0.3 is 5.97 Å². The van der Waals surface area contributed by atoms with Crippen LogP contribution in [-0.2, 0) is 29.2 Å². The van der Waals surface area contributed by atoms with Crippen LogP contribution in [0.2, 0.25) is 0 Å². The molecule has 0 N–H and O–H groups in total. The second kappa shape index (κ2) is 6.17. The molecule has 0 radical (unpaired) electrons. The van der Waals surface area contributed by atoms with Crippen LogP contribution in [0.15, 0.2) is 56.0 Å². The lowest BCUT2D eigenvalue weighted by Crippen LogP contribution is -2.21. The quantitative estimate of drug-likeness (QED) is 0.497. The van der Waals surface area contributed by atoms with E-state index < -0.39 is 57.0 Å². The minimum Gasteiger partial charge on any atom is -0.466 e. The molecule has 0 saturated carbocycles. The lowest BCUT2D eigenvalue weighted by atomic mass is 10.0. The van der Waals surface area contributed by atoms with Gasteiger partial charge in [0.15, 0.2) is 0 Å². The third-order valence-electron chi connectivity index (χ3n) is 4.17. The lowest BCUT2D eigenvalue weighted by molar-refractivity contribution is -0.144. The molecule has 0 spiro atoms. The Balaban J connectivity index is 2.25. The zero-order valence-electron chi connectivity index (χ0n) is 13.9. The SMILES string of the molecule is CCOC(=O)C(C)c1ccc2c(c1)S(=O)(=O)c1ccc(F)cc1S2(=O)=O. The Morgan fingerprint density at radius 2 is 1.50 bits per heavy atom. The van der Waals surface area contributed by atoms with Gasteiger partial charge in [0.2, 0.25) is 19.7 Å². The third kappa shape index (κ3) is 2.71. The summed E-state index contributed by atoms with van der Waals surface area (Å²) in [4.78, 5) is 9.98. The number of fused-ring (bicyclic) bond motifs is 2. The van der Waals surface area contributed by atoms with Crippen molar-refractivity contribution in [1.82, 2.24) is 0 Å². The second-order valence-electron chi connectivity index (χ2n) is 5.78. The first-order valence-electron chi connectivity index (χ1n) is 7.71. The molecule has 0 bridgehead atoms. The molecular formula is C17H15FO6S2. The molecule has 138 valence electrons. The maximum atomic E-state index is 13.5. The first-order chi connectivity index (χ1) is 12.1. The molecule has 1 atom stereocenters. The van der Waals surface area contributed by atoms with E-state index in [0.717, 1.165) is 24.3 Å². The van der Waals surface area contributed by atoms with E-state index in [2.05, 4.69) is 0 Å². The first kappa shape index (κ1) is 18.5. The summed E-state index contributed by atoms with van der Waals surface area (Å²) in [6.45, 7) is 3.34. The number of carbonyl (C=O) groups is 1. The van der Waals surface area contributed by atoms with E-state index >= 15 is 0 Å². The van der Waals surface area contributed by atoms with Gasteiger partial charge in [0.25, 0.3) is 0 Å². The number of hydrogen-bond acceptors (Lipinski definition) is 6. The molecule has 0 aromatic heterocycles. The number of carbonyl (C=O) groups excluding carboxylic acids is 1. The fraction of sp³-hybridized carbons (Fsp3) is 0.235. The minimum absolute atomic E-state index is 0.166. The Morgan fingerprint density at radius 1 is 0.962 bits per heavy atom. The van der Waals surface area contributed by atoms with Crippen LogP contribution in [0.5, 0.6) is 0 Å². The highest BCUT2D eigenvalue weighted by molar-refractivity contribution is 7.97. The zero-order valence-corrected chi connectivity index (χ0v) is 15.5. The molecule has 1 aliphatic heterocycles. The number of ether oxygens (including phenoxy) is 1. The molecule has 1 unspecified atom stereocenters. The average molecular weight is 398 g/mol. The van der Waals surface area contributed by atoms with Gasteiger partial charge in [0, 0.05) is 0 Å². The van der Waals surface area contributed by atoms with Gasteiger partial charge in [-0.05, 0) is 49.7 Å². The fourth-order valence-electron chi connectivity index (χ4n) is 2.78. The maximum absolute atomic E-state index is 13.5. The molecule has 1 heterocycles. The van der Waals surface area contributed by atoms with Crippen molar-refractivity contribution >= 4 is 25.6 Å². The van der Waals surface area contributed by atoms with Gasteiger partial charge in [-0.3, -0.25) is 4.79 Å². The fourth-order valence-corrected chi connectivity index (χ4v) is 6.94. The summed E-state index contributed by atoms with van der Waals surface area (Å²) in [5.41, 5.74) is 0.312.